The second-order valence-electron chi connectivity index (χ2n) is 9.02. The summed E-state index contributed by atoms with van der Waals surface area (Å²) >= 11 is 0. The summed E-state index contributed by atoms with van der Waals surface area (Å²) in [7, 11) is 3.95. The number of likely N-dealkylation sites (tertiary alicyclic amines) is 1. The van der Waals surface area contributed by atoms with E-state index in [1.54, 1.807) is 24.6 Å². The highest BCUT2D eigenvalue weighted by atomic mass is 16.2. The fourth-order valence-electron chi connectivity index (χ4n) is 4.43. The molecule has 0 spiro atoms. The van der Waals surface area contributed by atoms with Gasteiger partial charge < -0.3 is 25.2 Å². The third kappa shape index (κ3) is 5.31. The minimum absolute atomic E-state index is 0.00534. The first kappa shape index (κ1) is 23.6. The Labute approximate surface area is 200 Å². The largest absolute Gasteiger partial charge is 0.337 e. The molecular formula is C25H33N7O2. The number of nitrogens with zero attached hydrogens (tertiary/aromatic N) is 4. The molecule has 1 atom stereocenters. The lowest BCUT2D eigenvalue weighted by atomic mass is 10.1. The van der Waals surface area contributed by atoms with Crippen LogP contribution in [0.5, 0.6) is 0 Å². The smallest absolute Gasteiger partial charge is 0.259 e. The molecule has 180 valence electrons. The van der Waals surface area contributed by atoms with Crippen LogP contribution in [0, 0.1) is 6.92 Å². The van der Waals surface area contributed by atoms with E-state index in [4.69, 9.17) is 4.98 Å². The van der Waals surface area contributed by atoms with Gasteiger partial charge in [-0.25, -0.2) is 4.98 Å². The number of rotatable bonds is 6. The van der Waals surface area contributed by atoms with Gasteiger partial charge in [0.25, 0.3) is 5.91 Å². The number of aromatic nitrogens is 2. The maximum Gasteiger partial charge on any atom is 0.259 e. The zero-order chi connectivity index (χ0) is 24.1. The molecule has 9 nitrogen and oxygen atoms in total. The minimum Gasteiger partial charge on any atom is -0.337 e. The average Bonchev–Trinajstić information content (AvgIpc) is 3.01. The van der Waals surface area contributed by atoms with Crippen LogP contribution in [-0.2, 0) is 9.59 Å². The van der Waals surface area contributed by atoms with Crippen LogP contribution in [0.15, 0.2) is 54.4 Å². The molecule has 34 heavy (non-hydrogen) atoms. The van der Waals surface area contributed by atoms with Gasteiger partial charge in [0.15, 0.2) is 0 Å². The third-order valence-electron chi connectivity index (χ3n) is 6.11. The topological polar surface area (TPSA) is 94.5 Å². The molecule has 0 bridgehead atoms. The molecule has 2 aliphatic heterocycles. The summed E-state index contributed by atoms with van der Waals surface area (Å²) in [4.78, 5) is 34.6. The zero-order valence-electron chi connectivity index (χ0n) is 20.0. The number of hydrogen-bond donors (Lipinski definition) is 3. The first-order chi connectivity index (χ1) is 16.4. The van der Waals surface area contributed by atoms with Crippen molar-refractivity contribution in [3.8, 4) is 0 Å². The molecule has 0 radical (unpaired) electrons. The van der Waals surface area contributed by atoms with Gasteiger partial charge in [-0.05, 0) is 58.0 Å². The Hall–Kier alpha value is -3.59. The molecule has 1 unspecified atom stereocenters. The van der Waals surface area contributed by atoms with Crippen LogP contribution < -0.4 is 16.2 Å². The number of aryl methyl sites for hydroxylation is 1. The Morgan fingerprint density at radius 2 is 2.12 bits per heavy atom. The van der Waals surface area contributed by atoms with Gasteiger partial charge in [-0.15, -0.1) is 0 Å². The molecule has 2 aliphatic rings. The first-order valence-corrected chi connectivity index (χ1v) is 11.7. The van der Waals surface area contributed by atoms with E-state index in [-0.39, 0.29) is 17.9 Å². The number of hydrazine groups is 1. The standard InChI is InChI=1S/C25H33N7O2/c1-18-8-6-10-21-23(18)32(25(28-21)29-24(34)19-12-13-26-27-16-19)20-9-4-5-15-31(17-20)22(33)11-7-14-30(2)3/h6-8,10-13,16,20,26-27H,4-5,9,14-15,17H2,1-3H3,(H,28,29,34)/b11-7+. The van der Waals surface area contributed by atoms with Crippen molar-refractivity contribution in [2.75, 3.05) is 39.0 Å². The van der Waals surface area contributed by atoms with Gasteiger partial charge in [0, 0.05) is 38.1 Å². The number of likely N-dealkylation sites (N-methyl/N-ethyl adjacent to an activating group) is 1. The average molecular weight is 464 g/mol. The number of para-hydroxylation sites is 1. The molecule has 4 rings (SSSR count). The summed E-state index contributed by atoms with van der Waals surface area (Å²) in [5.41, 5.74) is 9.05. The minimum atomic E-state index is -0.243. The van der Waals surface area contributed by atoms with E-state index in [1.807, 2.05) is 42.1 Å². The van der Waals surface area contributed by atoms with Crippen LogP contribution in [0.2, 0.25) is 0 Å². The van der Waals surface area contributed by atoms with Gasteiger partial charge in [-0.3, -0.25) is 14.9 Å². The van der Waals surface area contributed by atoms with Crippen molar-refractivity contribution in [3.05, 3.63) is 60.0 Å². The van der Waals surface area contributed by atoms with E-state index in [0.717, 1.165) is 48.9 Å². The summed E-state index contributed by atoms with van der Waals surface area (Å²) in [6.07, 6.45) is 11.4. The molecule has 0 saturated carbocycles. The van der Waals surface area contributed by atoms with Gasteiger partial charge in [0.1, 0.15) is 0 Å². The van der Waals surface area contributed by atoms with E-state index in [1.165, 1.54) is 0 Å². The number of fused-ring (bicyclic) bond motifs is 1. The highest BCUT2D eigenvalue weighted by Crippen LogP contribution is 2.32. The van der Waals surface area contributed by atoms with Crippen LogP contribution >= 0.6 is 0 Å². The highest BCUT2D eigenvalue weighted by molar-refractivity contribution is 6.05. The molecule has 2 amide bonds. The van der Waals surface area contributed by atoms with Crippen LogP contribution in [-0.4, -0.2) is 64.9 Å². The van der Waals surface area contributed by atoms with E-state index in [2.05, 4.69) is 33.7 Å². The van der Waals surface area contributed by atoms with Gasteiger partial charge in [0.05, 0.1) is 22.6 Å². The lowest BCUT2D eigenvalue weighted by molar-refractivity contribution is -0.126. The molecule has 0 aliphatic carbocycles. The van der Waals surface area contributed by atoms with Crippen molar-refractivity contribution in [2.45, 2.75) is 32.2 Å². The van der Waals surface area contributed by atoms with E-state index >= 15 is 0 Å². The number of benzene rings is 1. The Kier molecular flexibility index (Phi) is 7.32. The monoisotopic (exact) mass is 463 g/mol. The SMILES string of the molecule is Cc1cccc2nc(NC(=O)C3=CNNC=C3)n(C3CCCCN(C(=O)/C=C/CN(C)C)C3)c12. The predicted molar refractivity (Wildman–Crippen MR) is 134 cm³/mol. The van der Waals surface area contributed by atoms with Crippen molar-refractivity contribution in [3.63, 3.8) is 0 Å². The summed E-state index contributed by atoms with van der Waals surface area (Å²) in [5.74, 6) is 0.286. The Balaban J connectivity index is 1.66. The molecule has 1 aromatic carbocycles. The maximum atomic E-state index is 12.9. The van der Waals surface area contributed by atoms with Crippen molar-refractivity contribution in [2.24, 2.45) is 0 Å². The lowest BCUT2D eigenvalue weighted by Gasteiger charge is -2.26. The van der Waals surface area contributed by atoms with Crippen molar-refractivity contribution >= 4 is 28.8 Å². The number of nitrogens with one attached hydrogen (secondary N) is 3. The van der Waals surface area contributed by atoms with E-state index < -0.39 is 0 Å². The predicted octanol–water partition coefficient (Wildman–Crippen LogP) is 2.46. The second-order valence-corrected chi connectivity index (χ2v) is 9.02. The van der Waals surface area contributed by atoms with Crippen LogP contribution in [0.3, 0.4) is 0 Å². The molecule has 9 heteroatoms. The van der Waals surface area contributed by atoms with Crippen LogP contribution in [0.4, 0.5) is 5.95 Å². The van der Waals surface area contributed by atoms with Gasteiger partial charge in [-0.2, -0.15) is 0 Å². The van der Waals surface area contributed by atoms with Gasteiger partial charge in [-0.1, -0.05) is 18.2 Å². The number of carbonyl (C=O) groups excluding carboxylic acids is 2. The van der Waals surface area contributed by atoms with Crippen molar-refractivity contribution in [1.29, 1.82) is 0 Å². The highest BCUT2D eigenvalue weighted by Gasteiger charge is 2.27. The molecule has 1 aromatic heterocycles. The van der Waals surface area contributed by atoms with Crippen molar-refractivity contribution in [1.82, 2.24) is 30.2 Å². The summed E-state index contributed by atoms with van der Waals surface area (Å²) < 4.78 is 2.12. The Morgan fingerprint density at radius 1 is 1.26 bits per heavy atom. The number of carbonyl (C=O) groups is 2. The number of amides is 2. The lowest BCUT2D eigenvalue weighted by Crippen LogP contribution is -2.35. The van der Waals surface area contributed by atoms with E-state index in [0.29, 0.717) is 18.1 Å². The van der Waals surface area contributed by atoms with E-state index in [9.17, 15) is 9.59 Å². The van der Waals surface area contributed by atoms with Crippen LogP contribution in [0.25, 0.3) is 11.0 Å². The van der Waals surface area contributed by atoms with Gasteiger partial charge >= 0.3 is 0 Å². The zero-order valence-corrected chi connectivity index (χ0v) is 20.0. The molecule has 2 aromatic rings. The Morgan fingerprint density at radius 3 is 2.88 bits per heavy atom. The first-order valence-electron chi connectivity index (χ1n) is 11.7. The molecule has 3 heterocycles. The molecular weight excluding hydrogens is 430 g/mol. The fraction of sp³-hybridized carbons (Fsp3) is 0.400. The third-order valence-corrected chi connectivity index (χ3v) is 6.11. The fourth-order valence-corrected chi connectivity index (χ4v) is 4.43. The normalized spacial score (nSPS) is 18.5. The van der Waals surface area contributed by atoms with Crippen molar-refractivity contribution < 1.29 is 9.59 Å². The summed E-state index contributed by atoms with van der Waals surface area (Å²) in [5, 5.41) is 3.01. The van der Waals surface area contributed by atoms with Crippen LogP contribution in [0.1, 0.15) is 30.9 Å². The number of anilines is 1. The summed E-state index contributed by atoms with van der Waals surface area (Å²) in [6.45, 7) is 4.07. The summed E-state index contributed by atoms with van der Waals surface area (Å²) in [6, 6.07) is 5.99. The Bertz CT molecular complexity index is 1150. The number of imidazole rings is 1. The number of hydrogen-bond acceptors (Lipinski definition) is 6. The van der Waals surface area contributed by atoms with Gasteiger partial charge in [0.2, 0.25) is 11.9 Å². The molecule has 3 N–H and O–H groups in total. The molecule has 1 saturated heterocycles. The maximum absolute atomic E-state index is 12.9. The molecule has 1 fully saturated rings. The second kappa shape index (κ2) is 10.6. The quantitative estimate of drug-likeness (QED) is 0.570.